The number of hydrogen-bond donors (Lipinski definition) is 0. The van der Waals surface area contributed by atoms with Crippen LogP contribution in [0.3, 0.4) is 0 Å². The largest absolute Gasteiger partial charge is 0.345 e. The Hall–Kier alpha value is -0.810. The van der Waals surface area contributed by atoms with Crippen molar-refractivity contribution in [3.8, 4) is 0 Å². The highest BCUT2D eigenvalue weighted by Gasteiger charge is 2.21. The third kappa shape index (κ3) is 2.41. The third-order valence-corrected chi connectivity index (χ3v) is 3.50. The van der Waals surface area contributed by atoms with Crippen molar-refractivity contribution in [3.05, 3.63) is 11.6 Å². The van der Waals surface area contributed by atoms with E-state index in [1.54, 1.807) is 22.4 Å². The lowest BCUT2D eigenvalue weighted by molar-refractivity contribution is -0.128. The van der Waals surface area contributed by atoms with Gasteiger partial charge < -0.3 is 9.80 Å². The third-order valence-electron chi connectivity index (χ3n) is 2.44. The summed E-state index contributed by atoms with van der Waals surface area (Å²) in [5.74, 6) is 0.104. The molecular formula is C9H12ClN3OS. The molecule has 0 N–H and O–H groups in total. The van der Waals surface area contributed by atoms with Crippen LogP contribution in [0.25, 0.3) is 0 Å². The van der Waals surface area contributed by atoms with Gasteiger partial charge in [-0.1, -0.05) is 0 Å². The fraction of sp³-hybridized carbons (Fsp3) is 0.556. The Bertz CT molecular complexity index is 322. The van der Waals surface area contributed by atoms with E-state index in [4.69, 9.17) is 11.6 Å². The normalized spacial score (nSPS) is 16.9. The van der Waals surface area contributed by atoms with Crippen LogP contribution >= 0.6 is 22.9 Å². The van der Waals surface area contributed by atoms with E-state index in [-0.39, 0.29) is 11.8 Å². The summed E-state index contributed by atoms with van der Waals surface area (Å²) in [5, 5.41) is 3.00. The summed E-state index contributed by atoms with van der Waals surface area (Å²) in [6.07, 6.45) is 1.80. The van der Waals surface area contributed by atoms with Gasteiger partial charge in [-0.2, -0.15) is 0 Å². The van der Waals surface area contributed by atoms with Crippen LogP contribution in [0.2, 0.25) is 0 Å². The molecule has 1 amide bonds. The van der Waals surface area contributed by atoms with Crippen LogP contribution in [0, 0.1) is 0 Å². The van der Waals surface area contributed by atoms with Crippen LogP contribution in [0.15, 0.2) is 11.6 Å². The zero-order valence-corrected chi connectivity index (χ0v) is 9.80. The number of hydrogen-bond acceptors (Lipinski definition) is 4. The first kappa shape index (κ1) is 10.7. The number of anilines is 1. The highest BCUT2D eigenvalue weighted by atomic mass is 35.5. The number of alkyl halides is 1. The van der Waals surface area contributed by atoms with Gasteiger partial charge in [-0.05, 0) is 0 Å². The fourth-order valence-electron chi connectivity index (χ4n) is 1.60. The topological polar surface area (TPSA) is 36.4 Å². The maximum absolute atomic E-state index is 11.3. The minimum absolute atomic E-state index is 0.0236. The molecule has 6 heteroatoms. The predicted molar refractivity (Wildman–Crippen MR) is 61.6 cm³/mol. The van der Waals surface area contributed by atoms with Crippen molar-refractivity contribution in [2.75, 3.05) is 37.0 Å². The molecule has 1 saturated heterocycles. The second-order valence-electron chi connectivity index (χ2n) is 3.32. The number of halogens is 1. The predicted octanol–water partition coefficient (Wildman–Crippen LogP) is 1.03. The number of aromatic nitrogens is 1. The molecule has 2 heterocycles. The molecule has 2 rings (SSSR count). The highest BCUT2D eigenvalue weighted by molar-refractivity contribution is 7.13. The van der Waals surface area contributed by atoms with E-state index in [1.165, 1.54) is 0 Å². The quantitative estimate of drug-likeness (QED) is 0.731. The molecular weight excluding hydrogens is 234 g/mol. The Kier molecular flexibility index (Phi) is 3.43. The zero-order chi connectivity index (χ0) is 10.7. The van der Waals surface area contributed by atoms with Gasteiger partial charge in [-0.3, -0.25) is 4.79 Å². The summed E-state index contributed by atoms with van der Waals surface area (Å²) >= 11 is 7.14. The van der Waals surface area contributed by atoms with Crippen molar-refractivity contribution in [1.29, 1.82) is 0 Å². The number of amides is 1. The molecule has 0 saturated carbocycles. The van der Waals surface area contributed by atoms with Gasteiger partial charge in [-0.15, -0.1) is 22.9 Å². The Morgan fingerprint density at radius 1 is 1.47 bits per heavy atom. The van der Waals surface area contributed by atoms with Crippen LogP contribution in [0.1, 0.15) is 0 Å². The first-order valence-corrected chi connectivity index (χ1v) is 6.21. The average molecular weight is 246 g/mol. The number of carbonyl (C=O) groups excluding carboxylic acids is 1. The number of thiazole rings is 1. The summed E-state index contributed by atoms with van der Waals surface area (Å²) in [4.78, 5) is 19.6. The summed E-state index contributed by atoms with van der Waals surface area (Å²) < 4.78 is 0. The van der Waals surface area contributed by atoms with Gasteiger partial charge in [0.2, 0.25) is 5.91 Å². The number of rotatable bonds is 2. The van der Waals surface area contributed by atoms with Crippen LogP contribution in [0.4, 0.5) is 5.13 Å². The Morgan fingerprint density at radius 2 is 2.20 bits per heavy atom. The number of piperazine rings is 1. The SMILES string of the molecule is O=C(CCl)N1CCN(c2nccs2)CC1. The smallest absolute Gasteiger partial charge is 0.237 e. The van der Waals surface area contributed by atoms with E-state index < -0.39 is 0 Å². The van der Waals surface area contributed by atoms with Crippen molar-refractivity contribution < 1.29 is 4.79 Å². The maximum atomic E-state index is 11.3. The molecule has 1 aromatic heterocycles. The molecule has 1 aliphatic rings. The summed E-state index contributed by atoms with van der Waals surface area (Å²) in [6, 6.07) is 0. The summed E-state index contributed by atoms with van der Waals surface area (Å²) in [5.41, 5.74) is 0. The molecule has 1 aromatic rings. The lowest BCUT2D eigenvalue weighted by atomic mass is 10.3. The fourth-order valence-corrected chi connectivity index (χ4v) is 2.47. The number of nitrogens with zero attached hydrogens (tertiary/aromatic N) is 3. The standard InChI is InChI=1S/C9H12ClN3OS/c10-7-8(14)12-2-4-13(5-3-12)9-11-1-6-15-9/h1,6H,2-5,7H2. The van der Waals surface area contributed by atoms with Crippen LogP contribution in [-0.4, -0.2) is 47.9 Å². The van der Waals surface area contributed by atoms with Gasteiger partial charge in [0.05, 0.1) is 0 Å². The molecule has 0 radical (unpaired) electrons. The second-order valence-corrected chi connectivity index (χ2v) is 4.46. The Labute approximate surface area is 97.5 Å². The summed E-state index contributed by atoms with van der Waals surface area (Å²) in [6.45, 7) is 3.17. The van der Waals surface area contributed by atoms with Crippen LogP contribution in [-0.2, 0) is 4.79 Å². The van der Waals surface area contributed by atoms with E-state index in [2.05, 4.69) is 9.88 Å². The van der Waals surface area contributed by atoms with Crippen molar-refractivity contribution in [2.24, 2.45) is 0 Å². The van der Waals surface area contributed by atoms with Gasteiger partial charge in [0.25, 0.3) is 0 Å². The minimum atomic E-state index is 0.0236. The highest BCUT2D eigenvalue weighted by Crippen LogP contribution is 2.18. The Balaban J connectivity index is 1.90. The van der Waals surface area contributed by atoms with E-state index in [1.807, 2.05) is 5.38 Å². The molecule has 0 aromatic carbocycles. The molecule has 0 atom stereocenters. The molecule has 0 bridgehead atoms. The van der Waals surface area contributed by atoms with Gasteiger partial charge in [-0.25, -0.2) is 4.98 Å². The molecule has 0 aliphatic carbocycles. The van der Waals surface area contributed by atoms with Crippen molar-refractivity contribution in [2.45, 2.75) is 0 Å². The molecule has 82 valence electrons. The van der Waals surface area contributed by atoms with Gasteiger partial charge >= 0.3 is 0 Å². The van der Waals surface area contributed by atoms with Crippen molar-refractivity contribution >= 4 is 34.0 Å². The van der Waals surface area contributed by atoms with Gasteiger partial charge in [0.15, 0.2) is 5.13 Å². The summed E-state index contributed by atoms with van der Waals surface area (Å²) in [7, 11) is 0. The molecule has 0 spiro atoms. The van der Waals surface area contributed by atoms with E-state index in [0.29, 0.717) is 0 Å². The average Bonchev–Trinajstić information content (AvgIpc) is 2.82. The number of carbonyl (C=O) groups is 1. The van der Waals surface area contributed by atoms with Gasteiger partial charge in [0.1, 0.15) is 5.88 Å². The molecule has 0 unspecified atom stereocenters. The first-order chi connectivity index (χ1) is 7.31. The van der Waals surface area contributed by atoms with E-state index >= 15 is 0 Å². The minimum Gasteiger partial charge on any atom is -0.345 e. The lowest BCUT2D eigenvalue weighted by Gasteiger charge is -2.34. The van der Waals surface area contributed by atoms with E-state index in [0.717, 1.165) is 31.3 Å². The maximum Gasteiger partial charge on any atom is 0.237 e. The van der Waals surface area contributed by atoms with Crippen LogP contribution < -0.4 is 4.90 Å². The zero-order valence-electron chi connectivity index (χ0n) is 8.23. The monoisotopic (exact) mass is 245 g/mol. The molecule has 15 heavy (non-hydrogen) atoms. The van der Waals surface area contributed by atoms with Crippen molar-refractivity contribution in [1.82, 2.24) is 9.88 Å². The molecule has 1 aliphatic heterocycles. The van der Waals surface area contributed by atoms with Crippen LogP contribution in [0.5, 0.6) is 0 Å². The van der Waals surface area contributed by atoms with E-state index in [9.17, 15) is 4.79 Å². The Morgan fingerprint density at radius 3 is 2.73 bits per heavy atom. The second kappa shape index (κ2) is 4.81. The molecule has 4 nitrogen and oxygen atoms in total. The van der Waals surface area contributed by atoms with Gasteiger partial charge in [0, 0.05) is 37.8 Å². The van der Waals surface area contributed by atoms with Crippen molar-refractivity contribution in [3.63, 3.8) is 0 Å². The first-order valence-electron chi connectivity index (χ1n) is 4.79. The molecule has 1 fully saturated rings. The lowest BCUT2D eigenvalue weighted by Crippen LogP contribution is -2.49.